The van der Waals surface area contributed by atoms with Crippen molar-refractivity contribution < 1.29 is 17.9 Å². The molecule has 1 N–H and O–H groups in total. The lowest BCUT2D eigenvalue weighted by molar-refractivity contribution is -0.274. The highest BCUT2D eigenvalue weighted by Crippen LogP contribution is 2.24. The molecule has 7 heteroatoms. The molecule has 0 radical (unpaired) electrons. The Labute approximate surface area is 124 Å². The Morgan fingerprint density at radius 1 is 1.29 bits per heavy atom. The minimum atomic E-state index is -4.69. The first-order valence-electron chi connectivity index (χ1n) is 6.04. The van der Waals surface area contributed by atoms with Crippen LogP contribution >= 0.6 is 11.6 Å². The van der Waals surface area contributed by atoms with E-state index < -0.39 is 6.36 Å². The molecule has 0 aliphatic rings. The zero-order chi connectivity index (χ0) is 15.5. The van der Waals surface area contributed by atoms with E-state index in [1.54, 1.807) is 12.3 Å². The van der Waals surface area contributed by atoms with Gasteiger partial charge in [0.05, 0.1) is 11.9 Å². The van der Waals surface area contributed by atoms with Gasteiger partial charge >= 0.3 is 6.36 Å². The van der Waals surface area contributed by atoms with Gasteiger partial charge in [-0.05, 0) is 36.2 Å². The molecule has 0 aliphatic carbocycles. The minimum absolute atomic E-state index is 0.243. The average molecular weight is 317 g/mol. The summed E-state index contributed by atoms with van der Waals surface area (Å²) in [7, 11) is 0. The van der Waals surface area contributed by atoms with Crippen LogP contribution in [0.1, 0.15) is 11.1 Å². The SMILES string of the molecule is Cc1cc(NCc2cccc(OC(F)(F)F)c2)cnc1Cl. The number of hydrogen-bond donors (Lipinski definition) is 1. The Morgan fingerprint density at radius 3 is 2.71 bits per heavy atom. The predicted octanol–water partition coefficient (Wildman–Crippen LogP) is 4.55. The second-order valence-corrected chi connectivity index (χ2v) is 4.74. The molecule has 1 aromatic heterocycles. The minimum Gasteiger partial charge on any atom is -0.406 e. The summed E-state index contributed by atoms with van der Waals surface area (Å²) in [5.41, 5.74) is 2.21. The van der Waals surface area contributed by atoms with Gasteiger partial charge in [-0.15, -0.1) is 13.2 Å². The molecular formula is C14H12ClF3N2O. The Bertz CT molecular complexity index is 632. The third kappa shape index (κ3) is 4.82. The van der Waals surface area contributed by atoms with Crippen LogP contribution in [0.15, 0.2) is 36.5 Å². The Morgan fingerprint density at radius 2 is 2.05 bits per heavy atom. The first-order valence-corrected chi connectivity index (χ1v) is 6.42. The molecule has 2 rings (SSSR count). The van der Waals surface area contributed by atoms with Gasteiger partial charge in [-0.2, -0.15) is 0 Å². The highest BCUT2D eigenvalue weighted by molar-refractivity contribution is 6.30. The van der Waals surface area contributed by atoms with Crippen LogP contribution in [0.25, 0.3) is 0 Å². The number of aromatic nitrogens is 1. The summed E-state index contributed by atoms with van der Waals surface area (Å²) in [6.07, 6.45) is -3.13. The van der Waals surface area contributed by atoms with Gasteiger partial charge in [-0.1, -0.05) is 23.7 Å². The van der Waals surface area contributed by atoms with Gasteiger partial charge in [0.2, 0.25) is 0 Å². The topological polar surface area (TPSA) is 34.1 Å². The Hall–Kier alpha value is -1.95. The van der Waals surface area contributed by atoms with Crippen LogP contribution in [0.2, 0.25) is 5.15 Å². The van der Waals surface area contributed by atoms with Crippen molar-refractivity contribution in [3.05, 3.63) is 52.8 Å². The van der Waals surface area contributed by atoms with Crippen LogP contribution in [0, 0.1) is 6.92 Å². The van der Waals surface area contributed by atoms with E-state index in [4.69, 9.17) is 11.6 Å². The quantitative estimate of drug-likeness (QED) is 0.840. The van der Waals surface area contributed by atoms with Gasteiger partial charge in [0.15, 0.2) is 0 Å². The zero-order valence-electron chi connectivity index (χ0n) is 11.0. The lowest BCUT2D eigenvalue weighted by Crippen LogP contribution is -2.17. The number of hydrogen-bond acceptors (Lipinski definition) is 3. The number of anilines is 1. The van der Waals surface area contributed by atoms with Crippen LogP contribution < -0.4 is 10.1 Å². The normalized spacial score (nSPS) is 11.3. The molecule has 3 nitrogen and oxygen atoms in total. The fourth-order valence-electron chi connectivity index (χ4n) is 1.71. The molecular weight excluding hydrogens is 305 g/mol. The maximum atomic E-state index is 12.1. The van der Waals surface area contributed by atoms with Crippen molar-refractivity contribution in [3.8, 4) is 5.75 Å². The molecule has 21 heavy (non-hydrogen) atoms. The highest BCUT2D eigenvalue weighted by atomic mass is 35.5. The van der Waals surface area contributed by atoms with Crippen LogP contribution in [0.5, 0.6) is 5.75 Å². The molecule has 0 aliphatic heterocycles. The second-order valence-electron chi connectivity index (χ2n) is 4.38. The summed E-state index contributed by atoms with van der Waals surface area (Å²) >= 11 is 5.82. The number of halogens is 4. The Balaban J connectivity index is 2.03. The van der Waals surface area contributed by atoms with Crippen molar-refractivity contribution in [1.82, 2.24) is 4.98 Å². The summed E-state index contributed by atoms with van der Waals surface area (Å²) < 4.78 is 40.3. The first-order chi connectivity index (χ1) is 9.83. The lowest BCUT2D eigenvalue weighted by atomic mass is 10.2. The van der Waals surface area contributed by atoms with E-state index in [2.05, 4.69) is 15.0 Å². The van der Waals surface area contributed by atoms with Crippen molar-refractivity contribution in [1.29, 1.82) is 0 Å². The van der Waals surface area contributed by atoms with E-state index in [1.165, 1.54) is 18.2 Å². The predicted molar refractivity (Wildman–Crippen MR) is 74.4 cm³/mol. The molecule has 0 atom stereocenters. The lowest BCUT2D eigenvalue weighted by Gasteiger charge is -2.11. The van der Waals surface area contributed by atoms with Gasteiger partial charge in [0.25, 0.3) is 0 Å². The van der Waals surface area contributed by atoms with Crippen molar-refractivity contribution in [2.45, 2.75) is 19.8 Å². The third-order valence-corrected chi connectivity index (χ3v) is 3.04. The monoisotopic (exact) mass is 316 g/mol. The van der Waals surface area contributed by atoms with Gasteiger partial charge in [0, 0.05) is 6.54 Å². The largest absolute Gasteiger partial charge is 0.573 e. The first kappa shape index (κ1) is 15.4. The molecule has 1 heterocycles. The van der Waals surface area contributed by atoms with E-state index >= 15 is 0 Å². The number of alkyl halides is 3. The number of nitrogens with one attached hydrogen (secondary N) is 1. The molecule has 0 saturated carbocycles. The fourth-order valence-corrected chi connectivity index (χ4v) is 1.81. The summed E-state index contributed by atoms with van der Waals surface area (Å²) in [6.45, 7) is 2.16. The van der Waals surface area contributed by atoms with E-state index in [-0.39, 0.29) is 5.75 Å². The summed E-state index contributed by atoms with van der Waals surface area (Å²) in [6, 6.07) is 7.60. The van der Waals surface area contributed by atoms with E-state index in [1.807, 2.05) is 13.0 Å². The zero-order valence-corrected chi connectivity index (χ0v) is 11.8. The van der Waals surface area contributed by atoms with Crippen LogP contribution in [-0.4, -0.2) is 11.3 Å². The van der Waals surface area contributed by atoms with Crippen molar-refractivity contribution >= 4 is 17.3 Å². The third-order valence-electron chi connectivity index (χ3n) is 2.64. The number of ether oxygens (including phenoxy) is 1. The van der Waals surface area contributed by atoms with Gasteiger partial charge in [0.1, 0.15) is 10.9 Å². The number of aryl methyl sites for hydroxylation is 1. The van der Waals surface area contributed by atoms with Gasteiger partial charge < -0.3 is 10.1 Å². The highest BCUT2D eigenvalue weighted by Gasteiger charge is 2.31. The van der Waals surface area contributed by atoms with Gasteiger partial charge in [-0.3, -0.25) is 0 Å². The van der Waals surface area contributed by atoms with E-state index in [0.29, 0.717) is 17.3 Å². The van der Waals surface area contributed by atoms with Crippen LogP contribution in [0.4, 0.5) is 18.9 Å². The van der Waals surface area contributed by atoms with Crippen LogP contribution in [-0.2, 0) is 6.54 Å². The summed E-state index contributed by atoms with van der Waals surface area (Å²) in [4.78, 5) is 3.99. The Kier molecular flexibility index (Phi) is 4.57. The smallest absolute Gasteiger partial charge is 0.406 e. The molecule has 0 bridgehead atoms. The number of pyridine rings is 1. The standard InChI is InChI=1S/C14H12ClF3N2O/c1-9-5-11(8-20-13(9)15)19-7-10-3-2-4-12(6-10)21-14(16,17)18/h2-6,8,19H,7H2,1H3. The molecule has 0 unspecified atom stereocenters. The molecule has 2 aromatic rings. The summed E-state index contributed by atoms with van der Waals surface area (Å²) in [5, 5.41) is 3.48. The maximum Gasteiger partial charge on any atom is 0.573 e. The van der Waals surface area contributed by atoms with Crippen molar-refractivity contribution in [2.24, 2.45) is 0 Å². The van der Waals surface area contributed by atoms with Crippen molar-refractivity contribution in [3.63, 3.8) is 0 Å². The summed E-state index contributed by atoms with van der Waals surface area (Å²) in [5.74, 6) is -0.243. The van der Waals surface area contributed by atoms with Crippen LogP contribution in [0.3, 0.4) is 0 Å². The molecule has 0 spiro atoms. The molecule has 0 amide bonds. The number of nitrogens with zero attached hydrogens (tertiary/aromatic N) is 1. The molecule has 0 fully saturated rings. The van der Waals surface area contributed by atoms with Crippen molar-refractivity contribution in [2.75, 3.05) is 5.32 Å². The van der Waals surface area contributed by atoms with E-state index in [0.717, 1.165) is 11.3 Å². The molecule has 1 aromatic carbocycles. The second kappa shape index (κ2) is 6.22. The fraction of sp³-hybridized carbons (Fsp3) is 0.214. The van der Waals surface area contributed by atoms with E-state index in [9.17, 15) is 13.2 Å². The number of rotatable bonds is 4. The average Bonchev–Trinajstić information content (AvgIpc) is 2.39. The maximum absolute atomic E-state index is 12.1. The molecule has 112 valence electrons. The number of benzene rings is 1. The molecule has 0 saturated heterocycles. The van der Waals surface area contributed by atoms with Gasteiger partial charge in [-0.25, -0.2) is 4.98 Å².